The van der Waals surface area contributed by atoms with Crippen LogP contribution in [0.3, 0.4) is 0 Å². The lowest BCUT2D eigenvalue weighted by Gasteiger charge is -2.19. The Bertz CT molecular complexity index is 580. The van der Waals surface area contributed by atoms with E-state index in [-0.39, 0.29) is 5.92 Å². The molecule has 0 heterocycles. The SMILES string of the molecule is CC(C)(C)OC(=O)Nc1ccc(F)c(C2CC2C(=O)O)c1. The molecule has 2 unspecified atom stereocenters. The number of carbonyl (C=O) groups is 2. The number of rotatable bonds is 3. The lowest BCUT2D eigenvalue weighted by molar-refractivity contribution is -0.138. The molecule has 0 radical (unpaired) electrons. The third kappa shape index (κ3) is 3.93. The van der Waals surface area contributed by atoms with Gasteiger partial charge in [-0.3, -0.25) is 10.1 Å². The normalized spacial score (nSPS) is 20.8. The smallest absolute Gasteiger partial charge is 0.412 e. The van der Waals surface area contributed by atoms with Crippen LogP contribution in [-0.2, 0) is 9.53 Å². The van der Waals surface area contributed by atoms with E-state index in [1.54, 1.807) is 20.8 Å². The highest BCUT2D eigenvalue weighted by atomic mass is 19.1. The second kappa shape index (κ2) is 5.35. The maximum absolute atomic E-state index is 13.8. The molecule has 0 spiro atoms. The van der Waals surface area contributed by atoms with E-state index < -0.39 is 29.4 Å². The third-order valence-corrected chi connectivity index (χ3v) is 3.15. The van der Waals surface area contributed by atoms with Gasteiger partial charge in [-0.05, 0) is 51.0 Å². The van der Waals surface area contributed by atoms with Gasteiger partial charge in [0.2, 0.25) is 0 Å². The zero-order valence-corrected chi connectivity index (χ0v) is 12.1. The Hall–Kier alpha value is -2.11. The second-order valence-corrected chi connectivity index (χ2v) is 6.15. The van der Waals surface area contributed by atoms with Gasteiger partial charge in [0.1, 0.15) is 11.4 Å². The van der Waals surface area contributed by atoms with Gasteiger partial charge in [0.15, 0.2) is 0 Å². The summed E-state index contributed by atoms with van der Waals surface area (Å²) in [7, 11) is 0. The van der Waals surface area contributed by atoms with E-state index in [2.05, 4.69) is 5.32 Å². The Morgan fingerprint density at radius 3 is 2.57 bits per heavy atom. The number of nitrogens with one attached hydrogen (secondary N) is 1. The van der Waals surface area contributed by atoms with Crippen molar-refractivity contribution in [3.8, 4) is 0 Å². The summed E-state index contributed by atoms with van der Waals surface area (Å²) < 4.78 is 18.9. The number of hydrogen-bond donors (Lipinski definition) is 2. The molecule has 2 atom stereocenters. The van der Waals surface area contributed by atoms with Crippen LogP contribution in [0.25, 0.3) is 0 Å². The Morgan fingerprint density at radius 1 is 1.38 bits per heavy atom. The van der Waals surface area contributed by atoms with Gasteiger partial charge in [-0.2, -0.15) is 0 Å². The van der Waals surface area contributed by atoms with Crippen LogP contribution in [0.1, 0.15) is 38.7 Å². The van der Waals surface area contributed by atoms with Gasteiger partial charge in [0.25, 0.3) is 0 Å². The number of aliphatic carboxylic acids is 1. The Balaban J connectivity index is 2.09. The number of amides is 1. The van der Waals surface area contributed by atoms with Crippen molar-refractivity contribution in [1.29, 1.82) is 0 Å². The molecule has 0 saturated heterocycles. The molecular weight excluding hydrogens is 277 g/mol. The molecule has 1 saturated carbocycles. The maximum Gasteiger partial charge on any atom is 0.412 e. The van der Waals surface area contributed by atoms with Gasteiger partial charge in [-0.25, -0.2) is 9.18 Å². The van der Waals surface area contributed by atoms with Crippen molar-refractivity contribution in [2.24, 2.45) is 5.92 Å². The molecule has 0 aliphatic heterocycles. The second-order valence-electron chi connectivity index (χ2n) is 6.15. The first-order valence-corrected chi connectivity index (χ1v) is 6.69. The van der Waals surface area contributed by atoms with Crippen LogP contribution in [0.5, 0.6) is 0 Å². The lowest BCUT2D eigenvalue weighted by Crippen LogP contribution is -2.27. The summed E-state index contributed by atoms with van der Waals surface area (Å²) in [5.41, 5.74) is 0.0744. The van der Waals surface area contributed by atoms with E-state index in [9.17, 15) is 14.0 Å². The number of halogens is 1. The summed E-state index contributed by atoms with van der Waals surface area (Å²) in [6.07, 6.45) is -0.215. The van der Waals surface area contributed by atoms with Crippen LogP contribution >= 0.6 is 0 Å². The fraction of sp³-hybridized carbons (Fsp3) is 0.467. The van der Waals surface area contributed by atoms with Gasteiger partial charge in [0, 0.05) is 11.6 Å². The standard InChI is InChI=1S/C15H18FNO4/c1-15(2,3)21-14(20)17-8-4-5-12(16)10(6-8)9-7-11(9)13(18)19/h4-6,9,11H,7H2,1-3H3,(H,17,20)(H,18,19). The molecule has 1 amide bonds. The molecule has 6 heteroatoms. The van der Waals surface area contributed by atoms with Crippen LogP contribution in [0.15, 0.2) is 18.2 Å². The van der Waals surface area contributed by atoms with Crippen molar-refractivity contribution in [2.45, 2.75) is 38.7 Å². The average molecular weight is 295 g/mol. The first-order chi connectivity index (χ1) is 9.67. The van der Waals surface area contributed by atoms with E-state index in [1.165, 1.54) is 18.2 Å². The van der Waals surface area contributed by atoms with Gasteiger partial charge < -0.3 is 9.84 Å². The lowest BCUT2D eigenvalue weighted by atomic mass is 10.1. The third-order valence-electron chi connectivity index (χ3n) is 3.15. The molecule has 1 aliphatic rings. The van der Waals surface area contributed by atoms with Gasteiger partial charge in [-0.15, -0.1) is 0 Å². The largest absolute Gasteiger partial charge is 0.481 e. The minimum atomic E-state index is -0.926. The zero-order chi connectivity index (χ0) is 15.8. The highest BCUT2D eigenvalue weighted by Gasteiger charge is 2.45. The van der Waals surface area contributed by atoms with Crippen molar-refractivity contribution in [3.63, 3.8) is 0 Å². The summed E-state index contributed by atoms with van der Waals surface area (Å²) in [6, 6.07) is 4.10. The molecule has 5 nitrogen and oxygen atoms in total. The van der Waals surface area contributed by atoms with Gasteiger partial charge >= 0.3 is 12.1 Å². The van der Waals surface area contributed by atoms with Crippen LogP contribution in [0.2, 0.25) is 0 Å². The summed E-state index contributed by atoms with van der Waals surface area (Å²) in [5.74, 6) is -2.26. The summed E-state index contributed by atoms with van der Waals surface area (Å²) in [5, 5.41) is 11.4. The Kier molecular flexibility index (Phi) is 3.89. The number of carbonyl (C=O) groups excluding carboxylic acids is 1. The molecule has 1 aliphatic carbocycles. The fourth-order valence-corrected chi connectivity index (χ4v) is 2.14. The molecule has 1 fully saturated rings. The van der Waals surface area contributed by atoms with Gasteiger partial charge in [-0.1, -0.05) is 0 Å². The molecule has 1 aromatic carbocycles. The summed E-state index contributed by atoms with van der Waals surface area (Å²) >= 11 is 0. The monoisotopic (exact) mass is 295 g/mol. The average Bonchev–Trinajstić information content (AvgIpc) is 3.09. The molecule has 1 aromatic rings. The number of carboxylic acid groups (broad SMARTS) is 1. The van der Waals surface area contributed by atoms with E-state index in [0.717, 1.165) is 0 Å². The van der Waals surface area contributed by atoms with E-state index in [4.69, 9.17) is 9.84 Å². The van der Waals surface area contributed by atoms with Crippen LogP contribution in [-0.4, -0.2) is 22.8 Å². The number of ether oxygens (including phenoxy) is 1. The Labute approximate surface area is 122 Å². The quantitative estimate of drug-likeness (QED) is 0.896. The minimum Gasteiger partial charge on any atom is -0.481 e. The van der Waals surface area contributed by atoms with Crippen molar-refractivity contribution < 1.29 is 23.8 Å². The van der Waals surface area contributed by atoms with Crippen molar-refractivity contribution in [1.82, 2.24) is 0 Å². The predicted molar refractivity (Wildman–Crippen MR) is 74.7 cm³/mol. The molecule has 2 N–H and O–H groups in total. The van der Waals surface area contributed by atoms with Crippen molar-refractivity contribution in [2.75, 3.05) is 5.32 Å². The molecule has 0 bridgehead atoms. The van der Waals surface area contributed by atoms with Crippen LogP contribution < -0.4 is 5.32 Å². The Morgan fingerprint density at radius 2 is 2.05 bits per heavy atom. The number of anilines is 1. The topological polar surface area (TPSA) is 75.6 Å². The summed E-state index contributed by atoms with van der Waals surface area (Å²) in [6.45, 7) is 5.22. The number of hydrogen-bond acceptors (Lipinski definition) is 3. The molecular formula is C15H18FNO4. The van der Waals surface area contributed by atoms with Crippen LogP contribution in [0, 0.1) is 11.7 Å². The van der Waals surface area contributed by atoms with E-state index >= 15 is 0 Å². The molecule has 114 valence electrons. The molecule has 0 aromatic heterocycles. The highest BCUT2D eigenvalue weighted by molar-refractivity contribution is 5.85. The van der Waals surface area contributed by atoms with Gasteiger partial charge in [0.05, 0.1) is 5.92 Å². The molecule has 2 rings (SSSR count). The maximum atomic E-state index is 13.8. The van der Waals surface area contributed by atoms with E-state index in [0.29, 0.717) is 17.7 Å². The zero-order valence-electron chi connectivity index (χ0n) is 12.1. The minimum absolute atomic E-state index is 0.316. The van der Waals surface area contributed by atoms with E-state index in [1.807, 2.05) is 0 Å². The van der Waals surface area contributed by atoms with Crippen molar-refractivity contribution >= 4 is 17.7 Å². The van der Waals surface area contributed by atoms with Crippen molar-refractivity contribution in [3.05, 3.63) is 29.6 Å². The fourth-order valence-electron chi connectivity index (χ4n) is 2.14. The number of carboxylic acids is 1. The van der Waals surface area contributed by atoms with Crippen LogP contribution in [0.4, 0.5) is 14.9 Å². The predicted octanol–water partition coefficient (Wildman–Crippen LogP) is 3.36. The first-order valence-electron chi connectivity index (χ1n) is 6.69. The summed E-state index contributed by atoms with van der Waals surface area (Å²) in [4.78, 5) is 22.5. The first kappa shape index (κ1) is 15.3. The number of benzene rings is 1. The molecule has 21 heavy (non-hydrogen) atoms. The highest BCUT2D eigenvalue weighted by Crippen LogP contribution is 2.48.